The molecule has 0 unspecified atom stereocenters. The van der Waals surface area contributed by atoms with Gasteiger partial charge in [0.25, 0.3) is 5.56 Å². The monoisotopic (exact) mass is 459 g/mol. The van der Waals surface area contributed by atoms with Crippen LogP contribution in [-0.4, -0.2) is 25.0 Å². The summed E-state index contributed by atoms with van der Waals surface area (Å²) in [7, 11) is 0. The minimum atomic E-state index is -0.335. The van der Waals surface area contributed by atoms with Gasteiger partial charge in [-0.3, -0.25) is 18.7 Å². The number of nitrogens with zero attached hydrogens (tertiary/aromatic N) is 3. The molecule has 8 heteroatoms. The lowest BCUT2D eigenvalue weighted by Crippen LogP contribution is -2.40. The minimum absolute atomic E-state index is 0.124. The van der Waals surface area contributed by atoms with Crippen LogP contribution in [0.2, 0.25) is 0 Å². The van der Waals surface area contributed by atoms with E-state index in [9.17, 15) is 14.4 Å². The van der Waals surface area contributed by atoms with Crippen LogP contribution < -0.4 is 16.6 Å². The number of hydrogen-bond acceptors (Lipinski definition) is 4. The maximum absolute atomic E-state index is 13.3. The molecule has 0 atom stereocenters. The number of imidazole rings is 1. The molecule has 0 radical (unpaired) electrons. The lowest BCUT2D eigenvalue weighted by atomic mass is 10.1. The van der Waals surface area contributed by atoms with Crippen molar-refractivity contribution < 1.29 is 4.79 Å². The number of aromatic amines is 1. The summed E-state index contributed by atoms with van der Waals surface area (Å²) < 4.78 is 2.91. The molecular formula is C26H29N5O3. The summed E-state index contributed by atoms with van der Waals surface area (Å²) in [4.78, 5) is 45.5. The zero-order chi connectivity index (χ0) is 24.1. The fourth-order valence-electron chi connectivity index (χ4n) is 4.00. The van der Waals surface area contributed by atoms with Crippen LogP contribution >= 0.6 is 0 Å². The number of H-pyrrole nitrogens is 1. The van der Waals surface area contributed by atoms with Crippen LogP contribution in [0.25, 0.3) is 11.2 Å². The highest BCUT2D eigenvalue weighted by Crippen LogP contribution is 2.13. The predicted molar refractivity (Wildman–Crippen MR) is 133 cm³/mol. The molecule has 0 saturated carbocycles. The molecule has 0 aliphatic heterocycles. The molecule has 1 amide bonds. The first-order chi connectivity index (χ1) is 16.5. The van der Waals surface area contributed by atoms with Gasteiger partial charge in [-0.15, -0.1) is 0 Å². The number of rotatable bonds is 9. The van der Waals surface area contributed by atoms with Gasteiger partial charge < -0.3 is 10.3 Å². The van der Waals surface area contributed by atoms with E-state index in [1.54, 1.807) is 4.57 Å². The second-order valence-electron chi connectivity index (χ2n) is 8.42. The molecule has 4 rings (SSSR count). The van der Waals surface area contributed by atoms with Gasteiger partial charge in [-0.1, -0.05) is 55.8 Å². The summed E-state index contributed by atoms with van der Waals surface area (Å²) in [5.74, 6) is 0.528. The van der Waals surface area contributed by atoms with Gasteiger partial charge in [0, 0.05) is 32.1 Å². The second kappa shape index (κ2) is 10.3. The molecule has 2 heterocycles. The molecule has 0 bridgehead atoms. The van der Waals surface area contributed by atoms with Gasteiger partial charge in [0.2, 0.25) is 5.91 Å². The Labute approximate surface area is 197 Å². The van der Waals surface area contributed by atoms with Crippen molar-refractivity contribution in [3.63, 3.8) is 0 Å². The molecule has 8 nitrogen and oxygen atoms in total. The molecule has 2 aromatic carbocycles. The van der Waals surface area contributed by atoms with Gasteiger partial charge in [-0.25, -0.2) is 9.78 Å². The van der Waals surface area contributed by atoms with Crippen LogP contribution in [0.1, 0.15) is 43.6 Å². The minimum Gasteiger partial charge on any atom is -0.336 e. The molecule has 2 N–H and O–H groups in total. The maximum atomic E-state index is 13.3. The van der Waals surface area contributed by atoms with Gasteiger partial charge in [0.05, 0.1) is 0 Å². The van der Waals surface area contributed by atoms with Gasteiger partial charge in [0.15, 0.2) is 5.65 Å². The van der Waals surface area contributed by atoms with Crippen molar-refractivity contribution in [2.75, 3.05) is 5.32 Å². The Kier molecular flexibility index (Phi) is 7.06. The van der Waals surface area contributed by atoms with E-state index >= 15 is 0 Å². The molecule has 0 saturated heterocycles. The third-order valence-electron chi connectivity index (χ3n) is 5.76. The number of fused-ring (bicyclic) bond motifs is 1. The summed E-state index contributed by atoms with van der Waals surface area (Å²) in [5.41, 5.74) is 2.91. The van der Waals surface area contributed by atoms with Crippen molar-refractivity contribution in [1.29, 1.82) is 0 Å². The lowest BCUT2D eigenvalue weighted by molar-refractivity contribution is -0.114. The Hall–Kier alpha value is -3.94. The number of hydrogen-bond donors (Lipinski definition) is 2. The first-order valence-corrected chi connectivity index (χ1v) is 11.6. The zero-order valence-electron chi connectivity index (χ0n) is 19.5. The van der Waals surface area contributed by atoms with Crippen molar-refractivity contribution in [1.82, 2.24) is 19.1 Å². The molecule has 0 aliphatic rings. The number of nitrogens with one attached hydrogen (secondary N) is 2. The number of aryl methyl sites for hydroxylation is 2. The molecule has 0 spiro atoms. The smallest absolute Gasteiger partial charge is 0.332 e. The van der Waals surface area contributed by atoms with Gasteiger partial charge in [0.1, 0.15) is 11.3 Å². The number of anilines is 1. The molecule has 176 valence electrons. The summed E-state index contributed by atoms with van der Waals surface area (Å²) in [6.07, 6.45) is 2.76. The number of carbonyl (C=O) groups excluding carboxylic acids is 1. The number of carbonyl (C=O) groups is 1. The molecule has 2 aromatic heterocycles. The van der Waals surface area contributed by atoms with Crippen molar-refractivity contribution >= 4 is 22.8 Å². The van der Waals surface area contributed by atoms with E-state index in [2.05, 4.69) is 15.3 Å². The Morgan fingerprint density at radius 1 is 0.971 bits per heavy atom. The van der Waals surface area contributed by atoms with Crippen molar-refractivity contribution in [3.8, 4) is 0 Å². The van der Waals surface area contributed by atoms with Crippen LogP contribution in [0.15, 0.2) is 64.2 Å². The van der Waals surface area contributed by atoms with Gasteiger partial charge >= 0.3 is 5.69 Å². The third-order valence-corrected chi connectivity index (χ3v) is 5.76. The first kappa shape index (κ1) is 23.2. The zero-order valence-corrected chi connectivity index (χ0v) is 19.5. The molecule has 4 aromatic rings. The second-order valence-corrected chi connectivity index (χ2v) is 8.42. The average molecular weight is 460 g/mol. The van der Waals surface area contributed by atoms with Crippen LogP contribution in [0.4, 0.5) is 5.69 Å². The fourth-order valence-corrected chi connectivity index (χ4v) is 4.00. The molecule has 0 fully saturated rings. The lowest BCUT2D eigenvalue weighted by Gasteiger charge is -2.11. The van der Waals surface area contributed by atoms with Gasteiger partial charge in [-0.2, -0.15) is 0 Å². The van der Waals surface area contributed by atoms with E-state index in [1.165, 1.54) is 11.5 Å². The van der Waals surface area contributed by atoms with Crippen LogP contribution in [0, 0.1) is 0 Å². The summed E-state index contributed by atoms with van der Waals surface area (Å²) in [6, 6.07) is 17.4. The number of unbranched alkanes of at least 4 members (excludes halogenated alkanes) is 1. The van der Waals surface area contributed by atoms with Gasteiger partial charge in [-0.05, 0) is 36.1 Å². The topological polar surface area (TPSA) is 102 Å². The Balaban J connectivity index is 1.68. The normalized spacial score (nSPS) is 11.1. The highest BCUT2D eigenvalue weighted by molar-refractivity contribution is 5.88. The van der Waals surface area contributed by atoms with E-state index in [-0.39, 0.29) is 17.2 Å². The third kappa shape index (κ3) is 5.17. The summed E-state index contributed by atoms with van der Waals surface area (Å²) in [5, 5.41) is 2.75. The molecule has 34 heavy (non-hydrogen) atoms. The maximum Gasteiger partial charge on any atom is 0.332 e. The van der Waals surface area contributed by atoms with E-state index in [4.69, 9.17) is 0 Å². The Morgan fingerprint density at radius 3 is 2.38 bits per heavy atom. The molecule has 0 aliphatic carbocycles. The van der Waals surface area contributed by atoms with E-state index in [1.807, 2.05) is 61.5 Å². The van der Waals surface area contributed by atoms with Crippen LogP contribution in [0.3, 0.4) is 0 Å². The average Bonchev–Trinajstić information content (AvgIpc) is 3.24. The number of benzene rings is 2. The standard InChI is InChI=1S/C26H29N5O3/c1-3-4-15-31-25(33)23-24(29-22(28-23)17-20-8-6-5-7-9-20)30(26(31)34)16-14-19-10-12-21(13-11-19)27-18(2)32/h5-13H,3-4,14-17H2,1-2H3,(H,27,32)(H,28,29). The number of amides is 1. The van der Waals surface area contributed by atoms with E-state index in [0.717, 1.165) is 29.7 Å². The SMILES string of the molecule is CCCCn1c(=O)c2[nH]c(Cc3ccccc3)nc2n(CCc2ccc(NC(C)=O)cc2)c1=O. The van der Waals surface area contributed by atoms with E-state index in [0.29, 0.717) is 42.9 Å². The predicted octanol–water partition coefficient (Wildman–Crippen LogP) is 3.48. The fraction of sp³-hybridized carbons (Fsp3) is 0.308. The first-order valence-electron chi connectivity index (χ1n) is 11.6. The Bertz CT molecular complexity index is 1400. The van der Waals surface area contributed by atoms with E-state index < -0.39 is 0 Å². The van der Waals surface area contributed by atoms with Crippen LogP contribution in [0.5, 0.6) is 0 Å². The quantitative estimate of drug-likeness (QED) is 0.400. The van der Waals surface area contributed by atoms with Crippen molar-refractivity contribution in [3.05, 3.63) is 92.4 Å². The highest BCUT2D eigenvalue weighted by Gasteiger charge is 2.17. The largest absolute Gasteiger partial charge is 0.336 e. The summed E-state index contributed by atoms with van der Waals surface area (Å²) >= 11 is 0. The van der Waals surface area contributed by atoms with Crippen LogP contribution in [-0.2, 0) is 30.7 Å². The van der Waals surface area contributed by atoms with Crippen molar-refractivity contribution in [2.24, 2.45) is 0 Å². The highest BCUT2D eigenvalue weighted by atomic mass is 16.2. The number of aromatic nitrogens is 4. The van der Waals surface area contributed by atoms with Crippen molar-refractivity contribution in [2.45, 2.75) is 52.6 Å². The Morgan fingerprint density at radius 2 is 1.71 bits per heavy atom. The molecular weight excluding hydrogens is 430 g/mol. The summed E-state index contributed by atoms with van der Waals surface area (Å²) in [6.45, 7) is 4.26.